The molecule has 0 aliphatic heterocycles. The molecule has 2 aromatic heterocycles. The van der Waals surface area contributed by atoms with Gasteiger partial charge in [-0.2, -0.15) is 13.2 Å². The van der Waals surface area contributed by atoms with Gasteiger partial charge in [-0.1, -0.05) is 6.07 Å². The van der Waals surface area contributed by atoms with E-state index in [0.29, 0.717) is 16.5 Å². The maximum atomic E-state index is 13.0. The standard InChI is InChI=1S/C15H9F3N2O/c16-15(17,18)11-2-1-6-20-14(11)9-3-4-10-12(8-9)19-7-5-13(10)21/h1-8H,(H,19,21)/p+1. The molecule has 6 heteroatoms. The van der Waals surface area contributed by atoms with Crippen molar-refractivity contribution in [2.45, 2.75) is 6.18 Å². The third kappa shape index (κ3) is 2.40. The van der Waals surface area contributed by atoms with Crippen molar-refractivity contribution in [3.8, 4) is 17.0 Å². The zero-order valence-corrected chi connectivity index (χ0v) is 10.6. The van der Waals surface area contributed by atoms with Crippen molar-refractivity contribution >= 4 is 10.9 Å². The summed E-state index contributed by atoms with van der Waals surface area (Å²) in [4.78, 5) is 7.94. The molecule has 106 valence electrons. The fourth-order valence-corrected chi connectivity index (χ4v) is 2.16. The maximum absolute atomic E-state index is 13.0. The second-order valence-electron chi connectivity index (χ2n) is 4.49. The highest BCUT2D eigenvalue weighted by Gasteiger charge is 2.34. The van der Waals surface area contributed by atoms with Crippen LogP contribution in [0.4, 0.5) is 13.2 Å². The van der Waals surface area contributed by atoms with Gasteiger partial charge < -0.3 is 5.11 Å². The number of pyridine rings is 2. The Morgan fingerprint density at radius 3 is 2.52 bits per heavy atom. The maximum Gasteiger partial charge on any atom is 0.418 e. The molecule has 0 saturated heterocycles. The first-order valence-electron chi connectivity index (χ1n) is 6.10. The van der Waals surface area contributed by atoms with E-state index in [1.165, 1.54) is 36.7 Å². The molecular formula is C15H10F3N2O+. The lowest BCUT2D eigenvalue weighted by atomic mass is 10.0. The third-order valence-corrected chi connectivity index (χ3v) is 3.13. The van der Waals surface area contributed by atoms with Crippen LogP contribution in [0.1, 0.15) is 5.56 Å². The molecular weight excluding hydrogens is 281 g/mol. The molecule has 3 nitrogen and oxygen atoms in total. The molecule has 0 fully saturated rings. The average molecular weight is 291 g/mol. The molecule has 0 saturated carbocycles. The fourth-order valence-electron chi connectivity index (χ4n) is 2.16. The normalized spacial score (nSPS) is 11.8. The molecule has 0 unspecified atom stereocenters. The second kappa shape index (κ2) is 4.73. The Morgan fingerprint density at radius 1 is 0.952 bits per heavy atom. The van der Waals surface area contributed by atoms with Crippen molar-refractivity contribution in [2.75, 3.05) is 0 Å². The average Bonchev–Trinajstić information content (AvgIpc) is 2.46. The highest BCUT2D eigenvalue weighted by molar-refractivity contribution is 5.88. The van der Waals surface area contributed by atoms with Gasteiger partial charge in [-0.05, 0) is 24.3 Å². The van der Waals surface area contributed by atoms with E-state index >= 15 is 0 Å². The van der Waals surface area contributed by atoms with Gasteiger partial charge in [-0.25, -0.2) is 0 Å². The van der Waals surface area contributed by atoms with Crippen molar-refractivity contribution in [3.05, 3.63) is 54.4 Å². The summed E-state index contributed by atoms with van der Waals surface area (Å²) in [5.74, 6) is 0.281. The van der Waals surface area contributed by atoms with Crippen molar-refractivity contribution in [2.24, 2.45) is 0 Å². The van der Waals surface area contributed by atoms with Gasteiger partial charge in [-0.15, -0.1) is 0 Å². The van der Waals surface area contributed by atoms with Gasteiger partial charge in [0.1, 0.15) is 0 Å². The number of aromatic nitrogens is 2. The molecule has 0 bridgehead atoms. The summed E-state index contributed by atoms with van der Waals surface area (Å²) in [6.07, 6.45) is -1.69. The number of alkyl halides is 3. The Kier molecular flexibility index (Phi) is 3.01. The van der Waals surface area contributed by atoms with Gasteiger partial charge in [-0.3, -0.25) is 9.97 Å². The van der Waals surface area contributed by atoms with Crippen LogP contribution in [-0.4, -0.2) is 15.1 Å². The number of hydrogen-bond acceptors (Lipinski definition) is 2. The minimum Gasteiger partial charge on any atom is -0.593 e. The van der Waals surface area contributed by atoms with Crippen LogP contribution in [0, 0.1) is 0 Å². The van der Waals surface area contributed by atoms with E-state index in [0.717, 1.165) is 6.07 Å². The second-order valence-corrected chi connectivity index (χ2v) is 4.49. The van der Waals surface area contributed by atoms with Crippen LogP contribution in [0.25, 0.3) is 22.2 Å². The molecule has 1 aromatic carbocycles. The van der Waals surface area contributed by atoms with Gasteiger partial charge in [0.2, 0.25) is 0 Å². The summed E-state index contributed by atoms with van der Waals surface area (Å²) in [7, 11) is 0. The van der Waals surface area contributed by atoms with E-state index in [1.54, 1.807) is 6.07 Å². The molecule has 0 spiro atoms. The van der Waals surface area contributed by atoms with Gasteiger partial charge >= 0.3 is 6.18 Å². The number of rotatable bonds is 1. The van der Waals surface area contributed by atoms with Crippen LogP contribution < -0.4 is 0 Å². The minimum absolute atomic E-state index is 0.135. The first kappa shape index (κ1) is 13.4. The third-order valence-electron chi connectivity index (χ3n) is 3.13. The van der Waals surface area contributed by atoms with Crippen LogP contribution >= 0.6 is 0 Å². The van der Waals surface area contributed by atoms with Crippen molar-refractivity contribution < 1.29 is 18.3 Å². The largest absolute Gasteiger partial charge is 0.593 e. The van der Waals surface area contributed by atoms with Gasteiger partial charge in [0.25, 0.3) is 5.75 Å². The summed E-state index contributed by atoms with van der Waals surface area (Å²) in [5.41, 5.74) is -0.122. The fraction of sp³-hybridized carbons (Fsp3) is 0.0667. The van der Waals surface area contributed by atoms with Crippen molar-refractivity contribution in [1.29, 1.82) is 0 Å². The number of halogens is 3. The van der Waals surface area contributed by atoms with Gasteiger partial charge in [0, 0.05) is 18.0 Å². The highest BCUT2D eigenvalue weighted by atomic mass is 19.4. The molecule has 2 N–H and O–H groups in total. The summed E-state index contributed by atoms with van der Waals surface area (Å²) < 4.78 is 39.1. The smallest absolute Gasteiger partial charge is 0.418 e. The number of nitrogens with zero attached hydrogens (tertiary/aromatic N) is 2. The summed E-state index contributed by atoms with van der Waals surface area (Å²) in [6.45, 7) is 0. The SMILES string of the molecule is [OH2+]c1ccnc2cc(-c3ncccc3C(F)(F)F)ccc12. The zero-order chi connectivity index (χ0) is 15.0. The Bertz CT molecular complexity index is 815. The van der Waals surface area contributed by atoms with Crippen LogP contribution in [0.3, 0.4) is 0 Å². The first-order chi connectivity index (χ1) is 9.97. The summed E-state index contributed by atoms with van der Waals surface area (Å²) >= 11 is 0. The summed E-state index contributed by atoms with van der Waals surface area (Å²) in [5, 5.41) is 8.33. The van der Waals surface area contributed by atoms with E-state index in [4.69, 9.17) is 5.11 Å². The first-order valence-corrected chi connectivity index (χ1v) is 6.10. The van der Waals surface area contributed by atoms with E-state index in [9.17, 15) is 13.2 Å². The molecule has 21 heavy (non-hydrogen) atoms. The number of fused-ring (bicyclic) bond motifs is 1. The molecule has 2 heterocycles. The molecule has 3 rings (SSSR count). The number of benzene rings is 1. The predicted molar refractivity (Wildman–Crippen MR) is 73.0 cm³/mol. The molecule has 3 aromatic rings. The van der Waals surface area contributed by atoms with Gasteiger partial charge in [0.15, 0.2) is 0 Å². The Balaban J connectivity index is 2.22. The molecule has 0 aliphatic rings. The monoisotopic (exact) mass is 291 g/mol. The molecule has 0 aliphatic carbocycles. The lowest BCUT2D eigenvalue weighted by Crippen LogP contribution is -2.08. The van der Waals surface area contributed by atoms with E-state index in [2.05, 4.69) is 9.97 Å². The lowest BCUT2D eigenvalue weighted by molar-refractivity contribution is -0.137. The Hall–Kier alpha value is -2.63. The molecule has 0 amide bonds. The Morgan fingerprint density at radius 2 is 1.76 bits per heavy atom. The van der Waals surface area contributed by atoms with Gasteiger partial charge in [0.05, 0.1) is 28.2 Å². The summed E-state index contributed by atoms with van der Waals surface area (Å²) in [6, 6.07) is 8.43. The lowest BCUT2D eigenvalue weighted by Gasteiger charge is -2.11. The predicted octanol–water partition coefficient (Wildman–Crippen LogP) is 3.75. The topological polar surface area (TPSA) is 48.7 Å². The Labute approximate surface area is 117 Å². The van der Waals surface area contributed by atoms with E-state index in [-0.39, 0.29) is 11.4 Å². The van der Waals surface area contributed by atoms with Crippen molar-refractivity contribution in [1.82, 2.24) is 9.97 Å². The molecule has 0 atom stereocenters. The van der Waals surface area contributed by atoms with Crippen LogP contribution in [0.5, 0.6) is 5.75 Å². The number of hydrogen-bond donors (Lipinski definition) is 0. The minimum atomic E-state index is -4.47. The quantitative estimate of drug-likeness (QED) is 0.641. The highest BCUT2D eigenvalue weighted by Crippen LogP contribution is 2.36. The van der Waals surface area contributed by atoms with Crippen LogP contribution in [0.2, 0.25) is 0 Å². The van der Waals surface area contributed by atoms with E-state index in [1.807, 2.05) is 0 Å². The molecule has 0 radical (unpaired) electrons. The zero-order valence-electron chi connectivity index (χ0n) is 10.6. The van der Waals surface area contributed by atoms with Crippen LogP contribution in [-0.2, 0) is 6.18 Å². The van der Waals surface area contributed by atoms with E-state index < -0.39 is 11.7 Å². The van der Waals surface area contributed by atoms with Crippen molar-refractivity contribution in [3.63, 3.8) is 0 Å². The van der Waals surface area contributed by atoms with Crippen LogP contribution in [0.15, 0.2) is 48.8 Å².